The molecule has 0 fully saturated rings. The average molecular weight is 335 g/mol. The van der Waals surface area contributed by atoms with Gasteiger partial charge in [0.2, 0.25) is 0 Å². The average Bonchev–Trinajstić information content (AvgIpc) is 2.39. The minimum absolute atomic E-state index is 0.0118. The lowest BCUT2D eigenvalue weighted by atomic mass is 9.95. The number of rotatable bonds is 1. The standard InChI is InChI=1S/C16H12BrFO2/c1-9-2-5-15-12(6-9)14(19)8-16(20-15)11-4-3-10(17)7-13(11)18/h2-7,16H,8H2,1H3. The number of fused-ring (bicyclic) bond motifs is 1. The Balaban J connectivity index is 1.99. The molecule has 0 aliphatic carbocycles. The number of carbonyl (C=O) groups is 1. The Morgan fingerprint density at radius 1 is 1.25 bits per heavy atom. The highest BCUT2D eigenvalue weighted by molar-refractivity contribution is 9.10. The van der Waals surface area contributed by atoms with Gasteiger partial charge in [0.25, 0.3) is 0 Å². The van der Waals surface area contributed by atoms with E-state index in [2.05, 4.69) is 15.9 Å². The van der Waals surface area contributed by atoms with Crippen molar-refractivity contribution in [3.63, 3.8) is 0 Å². The van der Waals surface area contributed by atoms with E-state index in [1.807, 2.05) is 19.1 Å². The summed E-state index contributed by atoms with van der Waals surface area (Å²) in [7, 11) is 0. The van der Waals surface area contributed by atoms with E-state index in [0.717, 1.165) is 5.56 Å². The van der Waals surface area contributed by atoms with Crippen LogP contribution in [0, 0.1) is 12.7 Å². The summed E-state index contributed by atoms with van der Waals surface area (Å²) >= 11 is 3.22. The highest BCUT2D eigenvalue weighted by atomic mass is 79.9. The van der Waals surface area contributed by atoms with E-state index in [1.54, 1.807) is 18.2 Å². The highest BCUT2D eigenvalue weighted by Crippen LogP contribution is 2.36. The number of ether oxygens (including phenoxy) is 1. The Labute approximate surface area is 124 Å². The summed E-state index contributed by atoms with van der Waals surface area (Å²) in [5.74, 6) is 0.147. The molecule has 0 amide bonds. The van der Waals surface area contributed by atoms with Gasteiger partial charge in [0.1, 0.15) is 17.7 Å². The Kier molecular flexibility index (Phi) is 3.34. The summed E-state index contributed by atoms with van der Waals surface area (Å²) in [4.78, 5) is 12.2. The first-order chi connectivity index (χ1) is 9.54. The van der Waals surface area contributed by atoms with Crippen LogP contribution in [0.25, 0.3) is 0 Å². The van der Waals surface area contributed by atoms with E-state index in [4.69, 9.17) is 4.74 Å². The zero-order valence-corrected chi connectivity index (χ0v) is 12.4. The molecule has 0 spiro atoms. The first kappa shape index (κ1) is 13.3. The van der Waals surface area contributed by atoms with Crippen LogP contribution >= 0.6 is 15.9 Å². The van der Waals surface area contributed by atoms with Crippen LogP contribution in [0.15, 0.2) is 40.9 Å². The molecule has 1 aliphatic heterocycles. The van der Waals surface area contributed by atoms with Crippen molar-refractivity contribution < 1.29 is 13.9 Å². The van der Waals surface area contributed by atoms with Crippen molar-refractivity contribution in [2.24, 2.45) is 0 Å². The predicted octanol–water partition coefficient (Wildman–Crippen LogP) is 4.60. The SMILES string of the molecule is Cc1ccc2c(c1)C(=O)CC(c1ccc(Br)cc1F)O2. The molecule has 102 valence electrons. The Morgan fingerprint density at radius 3 is 2.80 bits per heavy atom. The number of halogens is 2. The minimum atomic E-state index is -0.564. The smallest absolute Gasteiger partial charge is 0.170 e. The van der Waals surface area contributed by atoms with E-state index in [0.29, 0.717) is 21.3 Å². The fraction of sp³-hybridized carbons (Fsp3) is 0.188. The predicted molar refractivity (Wildman–Crippen MR) is 77.6 cm³/mol. The highest BCUT2D eigenvalue weighted by Gasteiger charge is 2.29. The van der Waals surface area contributed by atoms with Gasteiger partial charge in [-0.3, -0.25) is 4.79 Å². The molecule has 0 aromatic heterocycles. The first-order valence-corrected chi connectivity index (χ1v) is 7.09. The van der Waals surface area contributed by atoms with Crippen LogP contribution in [-0.2, 0) is 0 Å². The van der Waals surface area contributed by atoms with Gasteiger partial charge in [-0.2, -0.15) is 0 Å². The second-order valence-corrected chi connectivity index (χ2v) is 5.81. The topological polar surface area (TPSA) is 26.3 Å². The summed E-state index contributed by atoms with van der Waals surface area (Å²) in [6, 6.07) is 10.2. The van der Waals surface area contributed by atoms with E-state index in [-0.39, 0.29) is 18.0 Å². The molecule has 3 rings (SSSR count). The van der Waals surface area contributed by atoms with Crippen LogP contribution < -0.4 is 4.74 Å². The minimum Gasteiger partial charge on any atom is -0.484 e. The number of aryl methyl sites for hydroxylation is 1. The monoisotopic (exact) mass is 334 g/mol. The summed E-state index contributed by atoms with van der Waals surface area (Å²) in [5.41, 5.74) is 2.00. The van der Waals surface area contributed by atoms with Gasteiger partial charge < -0.3 is 4.74 Å². The second-order valence-electron chi connectivity index (χ2n) is 4.90. The van der Waals surface area contributed by atoms with Crippen molar-refractivity contribution in [1.82, 2.24) is 0 Å². The summed E-state index contributed by atoms with van der Waals surface area (Å²) in [6.07, 6.45) is -0.402. The molecule has 2 aromatic rings. The molecule has 0 bridgehead atoms. The van der Waals surface area contributed by atoms with Crippen LogP contribution in [0.2, 0.25) is 0 Å². The van der Waals surface area contributed by atoms with Crippen LogP contribution in [0.1, 0.15) is 34.0 Å². The van der Waals surface area contributed by atoms with Gasteiger partial charge in [-0.15, -0.1) is 0 Å². The molecule has 1 atom stereocenters. The lowest BCUT2D eigenvalue weighted by Gasteiger charge is -2.26. The molecule has 1 aliphatic rings. The Hall–Kier alpha value is -1.68. The molecule has 4 heteroatoms. The number of benzene rings is 2. The van der Waals surface area contributed by atoms with Gasteiger partial charge in [-0.1, -0.05) is 33.6 Å². The molecule has 0 radical (unpaired) electrons. The quantitative estimate of drug-likeness (QED) is 0.761. The van der Waals surface area contributed by atoms with E-state index in [1.165, 1.54) is 6.07 Å². The molecule has 0 saturated carbocycles. The summed E-state index contributed by atoms with van der Waals surface area (Å²) in [5, 5.41) is 0. The lowest BCUT2D eigenvalue weighted by Crippen LogP contribution is -2.21. The molecule has 20 heavy (non-hydrogen) atoms. The number of hydrogen-bond acceptors (Lipinski definition) is 2. The molecule has 1 unspecified atom stereocenters. The van der Waals surface area contributed by atoms with Gasteiger partial charge in [0.05, 0.1) is 12.0 Å². The van der Waals surface area contributed by atoms with E-state index < -0.39 is 6.10 Å². The van der Waals surface area contributed by atoms with Gasteiger partial charge in [-0.05, 0) is 31.2 Å². The fourth-order valence-electron chi connectivity index (χ4n) is 2.37. The van der Waals surface area contributed by atoms with E-state index in [9.17, 15) is 9.18 Å². The molecule has 2 aromatic carbocycles. The van der Waals surface area contributed by atoms with Crippen molar-refractivity contribution in [3.8, 4) is 5.75 Å². The van der Waals surface area contributed by atoms with Crippen LogP contribution in [0.4, 0.5) is 4.39 Å². The Morgan fingerprint density at radius 2 is 2.05 bits per heavy atom. The van der Waals surface area contributed by atoms with Crippen molar-refractivity contribution in [3.05, 3.63) is 63.4 Å². The maximum absolute atomic E-state index is 14.0. The van der Waals surface area contributed by atoms with Crippen LogP contribution in [-0.4, -0.2) is 5.78 Å². The van der Waals surface area contributed by atoms with Crippen LogP contribution in [0.5, 0.6) is 5.75 Å². The lowest BCUT2D eigenvalue weighted by molar-refractivity contribution is 0.0845. The normalized spacial score (nSPS) is 17.6. The van der Waals surface area contributed by atoms with Crippen LogP contribution in [0.3, 0.4) is 0 Å². The largest absolute Gasteiger partial charge is 0.484 e. The molecule has 0 saturated heterocycles. The molecule has 1 heterocycles. The molecular weight excluding hydrogens is 323 g/mol. The van der Waals surface area contributed by atoms with Gasteiger partial charge in [-0.25, -0.2) is 4.39 Å². The van der Waals surface area contributed by atoms with Gasteiger partial charge in [0.15, 0.2) is 5.78 Å². The van der Waals surface area contributed by atoms with Crippen molar-refractivity contribution in [2.45, 2.75) is 19.4 Å². The van der Waals surface area contributed by atoms with Crippen molar-refractivity contribution in [2.75, 3.05) is 0 Å². The third kappa shape index (κ3) is 2.36. The molecule has 0 N–H and O–H groups in total. The third-order valence-electron chi connectivity index (χ3n) is 3.38. The zero-order valence-electron chi connectivity index (χ0n) is 10.8. The molecule has 2 nitrogen and oxygen atoms in total. The maximum atomic E-state index is 14.0. The van der Waals surface area contributed by atoms with E-state index >= 15 is 0 Å². The van der Waals surface area contributed by atoms with Gasteiger partial charge >= 0.3 is 0 Å². The number of ketones is 1. The van der Waals surface area contributed by atoms with Crippen molar-refractivity contribution >= 4 is 21.7 Å². The summed E-state index contributed by atoms with van der Waals surface area (Å²) in [6.45, 7) is 1.92. The number of hydrogen-bond donors (Lipinski definition) is 0. The third-order valence-corrected chi connectivity index (χ3v) is 3.88. The molecular formula is C16H12BrFO2. The first-order valence-electron chi connectivity index (χ1n) is 6.30. The Bertz CT molecular complexity index is 697. The van der Waals surface area contributed by atoms with Crippen molar-refractivity contribution in [1.29, 1.82) is 0 Å². The zero-order chi connectivity index (χ0) is 14.3. The second kappa shape index (κ2) is 5.02. The number of Topliss-reactive ketones (excluding diaryl/α,β-unsaturated/α-hetero) is 1. The summed E-state index contributed by atoms with van der Waals surface area (Å²) < 4.78 is 20.4. The van der Waals surface area contributed by atoms with Gasteiger partial charge in [0, 0.05) is 10.0 Å². The fourth-order valence-corrected chi connectivity index (χ4v) is 2.71. The number of carbonyl (C=O) groups excluding carboxylic acids is 1. The maximum Gasteiger partial charge on any atom is 0.170 e.